The normalized spacial score (nSPS) is 11.2. The lowest BCUT2D eigenvalue weighted by molar-refractivity contribution is 0.102. The summed E-state index contributed by atoms with van der Waals surface area (Å²) >= 11 is 1.50. The lowest BCUT2D eigenvalue weighted by Crippen LogP contribution is -2.12. The largest absolute Gasteiger partial charge is 0.486 e. The molecule has 0 saturated carbocycles. The molecule has 30 heavy (non-hydrogen) atoms. The first kappa shape index (κ1) is 20.0. The van der Waals surface area contributed by atoms with Crippen LogP contribution in [0.1, 0.15) is 51.5 Å². The number of nitrogens with one attached hydrogen (secondary N) is 1. The molecule has 0 radical (unpaired) electrons. The number of aryl methyl sites for hydroxylation is 2. The van der Waals surface area contributed by atoms with Crippen molar-refractivity contribution in [2.24, 2.45) is 0 Å². The van der Waals surface area contributed by atoms with Crippen molar-refractivity contribution >= 4 is 28.6 Å². The maximum Gasteiger partial charge on any atom is 0.255 e. The first-order valence-corrected chi connectivity index (χ1v) is 10.5. The minimum Gasteiger partial charge on any atom is -0.486 e. The first-order valence-electron chi connectivity index (χ1n) is 9.72. The second-order valence-corrected chi connectivity index (χ2v) is 8.63. The molecule has 0 atom stereocenters. The number of hydrogen-bond donors (Lipinski definition) is 1. The molecule has 0 fully saturated rings. The van der Waals surface area contributed by atoms with E-state index in [1.54, 1.807) is 24.3 Å². The van der Waals surface area contributed by atoms with Crippen molar-refractivity contribution in [2.75, 3.05) is 5.32 Å². The van der Waals surface area contributed by atoms with Gasteiger partial charge in [-0.3, -0.25) is 4.79 Å². The molecule has 0 saturated heterocycles. The molecule has 4 aromatic rings. The van der Waals surface area contributed by atoms with Crippen LogP contribution in [-0.2, 0) is 6.61 Å². The third kappa shape index (κ3) is 4.18. The van der Waals surface area contributed by atoms with E-state index in [2.05, 4.69) is 34.3 Å². The number of nitrogens with zero attached hydrogens (tertiary/aromatic N) is 4. The zero-order chi connectivity index (χ0) is 21.3. The summed E-state index contributed by atoms with van der Waals surface area (Å²) in [5.41, 5.74) is 4.30. The van der Waals surface area contributed by atoms with Gasteiger partial charge in [-0.15, -0.1) is 10.2 Å². The van der Waals surface area contributed by atoms with Gasteiger partial charge in [0.05, 0.1) is 11.4 Å². The number of benzene rings is 1. The van der Waals surface area contributed by atoms with Crippen molar-refractivity contribution in [3.63, 3.8) is 0 Å². The van der Waals surface area contributed by atoms with Crippen molar-refractivity contribution in [1.82, 2.24) is 19.6 Å². The van der Waals surface area contributed by atoms with Crippen LogP contribution in [0.2, 0.25) is 0 Å². The van der Waals surface area contributed by atoms with E-state index in [1.165, 1.54) is 11.3 Å². The van der Waals surface area contributed by atoms with Crippen LogP contribution in [0.15, 0.2) is 42.6 Å². The molecule has 0 bridgehead atoms. The molecular weight excluding hydrogens is 398 g/mol. The smallest absolute Gasteiger partial charge is 0.255 e. The topological polar surface area (TPSA) is 81.4 Å². The second-order valence-electron chi connectivity index (χ2n) is 7.37. The maximum absolute atomic E-state index is 12.6. The molecule has 8 heteroatoms. The van der Waals surface area contributed by atoms with Crippen LogP contribution in [0, 0.1) is 13.8 Å². The van der Waals surface area contributed by atoms with Crippen LogP contribution in [0.5, 0.6) is 5.75 Å². The standard InChI is InChI=1S/C22H23N5O2S/c1-13(2)21-14(3)27-11-17(7-10-19(27)24-21)23-22(28)16-5-8-18(9-6-16)29-12-20-26-25-15(4)30-20/h5-11,13H,12H2,1-4H3,(H,23,28). The number of carbonyl (C=O) groups excluding carboxylic acids is 1. The average molecular weight is 422 g/mol. The predicted octanol–water partition coefficient (Wildman–Crippen LogP) is 4.76. The molecule has 0 aliphatic heterocycles. The van der Waals surface area contributed by atoms with Gasteiger partial charge in [0.1, 0.15) is 23.0 Å². The highest BCUT2D eigenvalue weighted by atomic mass is 32.1. The molecule has 4 rings (SSSR count). The van der Waals surface area contributed by atoms with E-state index < -0.39 is 0 Å². The van der Waals surface area contributed by atoms with Crippen molar-refractivity contribution in [3.05, 3.63) is 69.6 Å². The van der Waals surface area contributed by atoms with Crippen LogP contribution in [-0.4, -0.2) is 25.5 Å². The van der Waals surface area contributed by atoms with Gasteiger partial charge < -0.3 is 14.5 Å². The number of imidazole rings is 1. The highest BCUT2D eigenvalue weighted by molar-refractivity contribution is 7.11. The van der Waals surface area contributed by atoms with E-state index in [4.69, 9.17) is 4.74 Å². The van der Waals surface area contributed by atoms with Crippen molar-refractivity contribution in [1.29, 1.82) is 0 Å². The number of ether oxygens (including phenoxy) is 1. The average Bonchev–Trinajstić information content (AvgIpc) is 3.30. The van der Waals surface area contributed by atoms with Crippen LogP contribution in [0.3, 0.4) is 0 Å². The Morgan fingerprint density at radius 2 is 1.90 bits per heavy atom. The van der Waals surface area contributed by atoms with Crippen LogP contribution < -0.4 is 10.1 Å². The fourth-order valence-corrected chi connectivity index (χ4v) is 3.87. The Hall–Kier alpha value is -3.26. The summed E-state index contributed by atoms with van der Waals surface area (Å²) in [5, 5.41) is 12.7. The molecule has 3 heterocycles. The maximum atomic E-state index is 12.6. The van der Waals surface area contributed by atoms with Gasteiger partial charge in [-0.05, 0) is 56.2 Å². The minimum atomic E-state index is -0.178. The quantitative estimate of drug-likeness (QED) is 0.485. The Balaban J connectivity index is 1.43. The zero-order valence-corrected chi connectivity index (χ0v) is 18.2. The lowest BCUT2D eigenvalue weighted by Gasteiger charge is -2.08. The summed E-state index contributed by atoms with van der Waals surface area (Å²) in [6.07, 6.45) is 1.91. The number of anilines is 1. The van der Waals surface area contributed by atoms with Crippen LogP contribution in [0.25, 0.3) is 5.65 Å². The summed E-state index contributed by atoms with van der Waals surface area (Å²) in [7, 11) is 0. The summed E-state index contributed by atoms with van der Waals surface area (Å²) < 4.78 is 7.72. The number of pyridine rings is 1. The number of aromatic nitrogens is 4. The molecule has 3 aromatic heterocycles. The number of fused-ring (bicyclic) bond motifs is 1. The fraction of sp³-hybridized carbons (Fsp3) is 0.273. The Bertz CT molecular complexity index is 1190. The molecule has 0 spiro atoms. The Morgan fingerprint density at radius 3 is 2.57 bits per heavy atom. The van der Waals surface area contributed by atoms with Gasteiger partial charge in [-0.2, -0.15) is 0 Å². The van der Waals surface area contributed by atoms with Gasteiger partial charge in [0.2, 0.25) is 0 Å². The SMILES string of the molecule is Cc1nnc(COc2ccc(C(=O)Nc3ccc4nc(C(C)C)c(C)n4c3)cc2)s1. The first-order chi connectivity index (χ1) is 14.4. The number of carbonyl (C=O) groups is 1. The molecule has 7 nitrogen and oxygen atoms in total. The summed E-state index contributed by atoms with van der Waals surface area (Å²) in [6, 6.07) is 10.8. The summed E-state index contributed by atoms with van der Waals surface area (Å²) in [4.78, 5) is 17.3. The van der Waals surface area contributed by atoms with E-state index >= 15 is 0 Å². The van der Waals surface area contributed by atoms with Gasteiger partial charge in [0.15, 0.2) is 5.01 Å². The number of rotatable bonds is 6. The Labute approximate surface area is 178 Å². The van der Waals surface area contributed by atoms with Crippen molar-refractivity contribution in [3.8, 4) is 5.75 Å². The highest BCUT2D eigenvalue weighted by Crippen LogP contribution is 2.22. The Morgan fingerprint density at radius 1 is 1.13 bits per heavy atom. The third-order valence-corrected chi connectivity index (χ3v) is 5.56. The second kappa shape index (κ2) is 8.23. The van der Waals surface area contributed by atoms with Crippen molar-refractivity contribution in [2.45, 2.75) is 40.2 Å². The summed E-state index contributed by atoms with van der Waals surface area (Å²) in [6.45, 7) is 8.56. The van der Waals surface area contributed by atoms with E-state index in [9.17, 15) is 4.79 Å². The van der Waals surface area contributed by atoms with Gasteiger partial charge in [-0.25, -0.2) is 4.98 Å². The number of amides is 1. The van der Waals surface area contributed by atoms with Crippen LogP contribution in [0.4, 0.5) is 5.69 Å². The molecule has 1 aromatic carbocycles. The van der Waals surface area contributed by atoms with E-state index in [1.807, 2.05) is 36.6 Å². The third-order valence-electron chi connectivity index (χ3n) is 4.75. The lowest BCUT2D eigenvalue weighted by atomic mass is 10.1. The van der Waals surface area contributed by atoms with Crippen molar-refractivity contribution < 1.29 is 9.53 Å². The monoisotopic (exact) mass is 421 g/mol. The van der Waals surface area contributed by atoms with E-state index in [0.29, 0.717) is 23.8 Å². The molecule has 154 valence electrons. The molecule has 1 amide bonds. The molecule has 0 aliphatic rings. The van der Waals surface area contributed by atoms with Gasteiger partial charge >= 0.3 is 0 Å². The van der Waals surface area contributed by atoms with Gasteiger partial charge in [0.25, 0.3) is 5.91 Å². The van der Waals surface area contributed by atoms with Gasteiger partial charge in [-0.1, -0.05) is 25.2 Å². The highest BCUT2D eigenvalue weighted by Gasteiger charge is 2.13. The van der Waals surface area contributed by atoms with Gasteiger partial charge in [0, 0.05) is 17.5 Å². The van der Waals surface area contributed by atoms with E-state index in [0.717, 1.165) is 32.7 Å². The van der Waals surface area contributed by atoms with Crippen LogP contribution >= 0.6 is 11.3 Å². The number of hydrogen-bond acceptors (Lipinski definition) is 6. The molecule has 0 unspecified atom stereocenters. The predicted molar refractivity (Wildman–Crippen MR) is 117 cm³/mol. The summed E-state index contributed by atoms with van der Waals surface area (Å²) in [5.74, 6) is 0.845. The molecule has 1 N–H and O–H groups in total. The minimum absolute atomic E-state index is 0.178. The molecule has 0 aliphatic carbocycles. The zero-order valence-electron chi connectivity index (χ0n) is 17.3. The Kier molecular flexibility index (Phi) is 5.50. The van der Waals surface area contributed by atoms with E-state index in [-0.39, 0.29) is 5.91 Å². The molecular formula is C22H23N5O2S. The fourth-order valence-electron chi connectivity index (χ4n) is 3.25.